The Balaban J connectivity index is 1.72. The van der Waals surface area contributed by atoms with Crippen molar-refractivity contribution in [2.75, 3.05) is 24.2 Å². The van der Waals surface area contributed by atoms with Crippen LogP contribution in [-0.4, -0.2) is 66.5 Å². The van der Waals surface area contributed by atoms with Crippen LogP contribution < -0.4 is 10.0 Å². The van der Waals surface area contributed by atoms with E-state index in [2.05, 4.69) is 10.5 Å². The number of sulfonamides is 1. The van der Waals surface area contributed by atoms with Gasteiger partial charge < -0.3 is 14.5 Å². The number of rotatable bonds is 6. The number of hydrogen-bond acceptors (Lipinski definition) is 6. The second kappa shape index (κ2) is 9.29. The van der Waals surface area contributed by atoms with E-state index in [0.717, 1.165) is 30.3 Å². The van der Waals surface area contributed by atoms with Gasteiger partial charge >= 0.3 is 6.03 Å². The summed E-state index contributed by atoms with van der Waals surface area (Å²) in [7, 11) is -4.09. The normalized spacial score (nSPS) is 19.7. The van der Waals surface area contributed by atoms with Gasteiger partial charge in [0.2, 0.25) is 10.0 Å². The van der Waals surface area contributed by atoms with Crippen LogP contribution in [0, 0.1) is 17.5 Å². The number of carbonyl (C=O) groups excluding carboxylic acids is 1. The first-order chi connectivity index (χ1) is 16.9. The standard InChI is InChI=1S/C21H19F5N4O5S/c1-2-36(33,34)29-15-8-30(16(9-31)21(15,25)26)20(32)27-19-18-11(6-10(22)7-14(18)35-28-19)17-12(23)4-3-5-13(17)24/h3-7,15-16,29,31H,2,8-9H2,1H3,(H,27,28,32). The lowest BCUT2D eigenvalue weighted by atomic mass is 10.00. The lowest BCUT2D eigenvalue weighted by Crippen LogP contribution is -2.51. The maximum atomic E-state index is 14.8. The first-order valence-electron chi connectivity index (χ1n) is 10.5. The minimum absolute atomic E-state index is 0.219. The first-order valence-corrected chi connectivity index (χ1v) is 12.1. The van der Waals surface area contributed by atoms with E-state index in [4.69, 9.17) is 4.52 Å². The molecule has 2 heterocycles. The van der Waals surface area contributed by atoms with Gasteiger partial charge in [0.25, 0.3) is 5.92 Å². The number of benzene rings is 2. The SMILES string of the molecule is CCS(=O)(=O)NC1CN(C(=O)Nc2noc3cc(F)cc(-c4c(F)cccc4F)c23)C(CO)C1(F)F. The van der Waals surface area contributed by atoms with Crippen molar-refractivity contribution in [3.05, 3.63) is 47.8 Å². The molecule has 3 aromatic rings. The number of aliphatic hydroxyl groups excluding tert-OH is 1. The molecule has 0 saturated carbocycles. The highest BCUT2D eigenvalue weighted by molar-refractivity contribution is 7.89. The van der Waals surface area contributed by atoms with E-state index in [9.17, 15) is 40.3 Å². The molecule has 194 valence electrons. The summed E-state index contributed by atoms with van der Waals surface area (Å²) >= 11 is 0. The van der Waals surface area contributed by atoms with Gasteiger partial charge in [-0.2, -0.15) is 0 Å². The fourth-order valence-electron chi connectivity index (χ4n) is 4.00. The zero-order valence-electron chi connectivity index (χ0n) is 18.4. The summed E-state index contributed by atoms with van der Waals surface area (Å²) < 4.78 is 103. The molecule has 4 rings (SSSR count). The van der Waals surface area contributed by atoms with Crippen molar-refractivity contribution in [1.29, 1.82) is 0 Å². The quantitative estimate of drug-likeness (QED) is 0.418. The van der Waals surface area contributed by atoms with Crippen molar-refractivity contribution in [3.8, 4) is 11.1 Å². The number of hydrogen-bond donors (Lipinski definition) is 3. The summed E-state index contributed by atoms with van der Waals surface area (Å²) in [5, 5.41) is 15.1. The first kappa shape index (κ1) is 25.8. The Bertz CT molecular complexity index is 1410. The van der Waals surface area contributed by atoms with E-state index < -0.39 is 81.8 Å². The summed E-state index contributed by atoms with van der Waals surface area (Å²) in [5.41, 5.74) is -1.31. The van der Waals surface area contributed by atoms with Crippen molar-refractivity contribution in [2.45, 2.75) is 24.9 Å². The van der Waals surface area contributed by atoms with Crippen molar-refractivity contribution in [2.24, 2.45) is 0 Å². The molecule has 2 amide bonds. The van der Waals surface area contributed by atoms with Crippen LogP contribution in [0.1, 0.15) is 6.92 Å². The minimum atomic E-state index is -4.09. The molecule has 1 aliphatic rings. The molecule has 9 nitrogen and oxygen atoms in total. The number of aromatic nitrogens is 1. The van der Waals surface area contributed by atoms with E-state index in [1.54, 1.807) is 0 Å². The van der Waals surface area contributed by atoms with Crippen molar-refractivity contribution >= 4 is 32.8 Å². The summed E-state index contributed by atoms with van der Waals surface area (Å²) in [5.74, 6) is -7.83. The predicted molar refractivity (Wildman–Crippen MR) is 117 cm³/mol. The molecule has 36 heavy (non-hydrogen) atoms. The van der Waals surface area contributed by atoms with E-state index >= 15 is 0 Å². The van der Waals surface area contributed by atoms with Crippen LogP contribution in [0.15, 0.2) is 34.9 Å². The molecule has 2 unspecified atom stereocenters. The monoisotopic (exact) mass is 534 g/mol. The Morgan fingerprint density at radius 3 is 2.53 bits per heavy atom. The molecule has 1 fully saturated rings. The molecule has 1 aromatic heterocycles. The lowest BCUT2D eigenvalue weighted by Gasteiger charge is -2.26. The van der Waals surface area contributed by atoms with E-state index in [1.165, 1.54) is 6.92 Å². The largest absolute Gasteiger partial charge is 0.394 e. The molecule has 15 heteroatoms. The number of amides is 2. The average molecular weight is 534 g/mol. The third-order valence-electron chi connectivity index (χ3n) is 5.80. The van der Waals surface area contributed by atoms with Gasteiger partial charge in [0.1, 0.15) is 29.5 Å². The Kier molecular flexibility index (Phi) is 6.66. The Morgan fingerprint density at radius 1 is 1.25 bits per heavy atom. The number of urea groups is 1. The summed E-state index contributed by atoms with van der Waals surface area (Å²) in [4.78, 5) is 13.4. The Labute approximate surface area is 200 Å². The third kappa shape index (κ3) is 4.49. The maximum absolute atomic E-state index is 14.8. The highest BCUT2D eigenvalue weighted by Crippen LogP contribution is 2.39. The van der Waals surface area contributed by atoms with Gasteiger partial charge in [0, 0.05) is 18.2 Å². The van der Waals surface area contributed by atoms with Crippen LogP contribution in [0.2, 0.25) is 0 Å². The van der Waals surface area contributed by atoms with Crippen LogP contribution in [0.4, 0.5) is 32.6 Å². The molecule has 0 bridgehead atoms. The van der Waals surface area contributed by atoms with Gasteiger partial charge in [-0.3, -0.25) is 5.32 Å². The van der Waals surface area contributed by atoms with Crippen molar-refractivity contribution in [3.63, 3.8) is 0 Å². The molecule has 0 aliphatic carbocycles. The molecule has 1 saturated heterocycles. The van der Waals surface area contributed by atoms with Crippen molar-refractivity contribution < 1.29 is 44.8 Å². The average Bonchev–Trinajstić information content (AvgIpc) is 3.30. The minimum Gasteiger partial charge on any atom is -0.394 e. The fourth-order valence-corrected chi connectivity index (χ4v) is 4.83. The second-order valence-corrected chi connectivity index (χ2v) is 10.0. The topological polar surface area (TPSA) is 125 Å². The lowest BCUT2D eigenvalue weighted by molar-refractivity contribution is -0.0557. The van der Waals surface area contributed by atoms with E-state index in [-0.39, 0.29) is 16.5 Å². The van der Waals surface area contributed by atoms with Gasteiger partial charge in [-0.1, -0.05) is 11.2 Å². The van der Waals surface area contributed by atoms with Gasteiger partial charge in [0.15, 0.2) is 11.4 Å². The van der Waals surface area contributed by atoms with Gasteiger partial charge in [-0.25, -0.2) is 39.9 Å². The molecule has 0 spiro atoms. The number of halogens is 5. The molecule has 0 radical (unpaired) electrons. The van der Waals surface area contributed by atoms with Crippen LogP contribution in [-0.2, 0) is 10.0 Å². The van der Waals surface area contributed by atoms with Gasteiger partial charge in [-0.05, 0) is 25.1 Å². The Morgan fingerprint density at radius 2 is 1.92 bits per heavy atom. The zero-order chi connectivity index (χ0) is 26.4. The number of likely N-dealkylation sites (tertiary alicyclic amines) is 1. The molecule has 3 N–H and O–H groups in total. The summed E-state index contributed by atoms with van der Waals surface area (Å²) in [6.45, 7) is -0.790. The van der Waals surface area contributed by atoms with E-state index in [0.29, 0.717) is 4.90 Å². The molecule has 1 aliphatic heterocycles. The maximum Gasteiger partial charge on any atom is 0.323 e. The smallest absolute Gasteiger partial charge is 0.323 e. The highest BCUT2D eigenvalue weighted by Gasteiger charge is 2.58. The molecule has 2 atom stereocenters. The van der Waals surface area contributed by atoms with Crippen LogP contribution >= 0.6 is 0 Å². The molecule has 2 aromatic carbocycles. The number of nitrogens with one attached hydrogen (secondary N) is 2. The molecular formula is C21H19F5N4O5S. The van der Waals surface area contributed by atoms with Crippen LogP contribution in [0.3, 0.4) is 0 Å². The number of fused-ring (bicyclic) bond motifs is 1. The fraction of sp³-hybridized carbons (Fsp3) is 0.333. The van der Waals surface area contributed by atoms with Gasteiger partial charge in [-0.15, -0.1) is 0 Å². The summed E-state index contributed by atoms with van der Waals surface area (Å²) in [6, 6.07) is -0.813. The number of carbonyl (C=O) groups is 1. The third-order valence-corrected chi connectivity index (χ3v) is 7.20. The summed E-state index contributed by atoms with van der Waals surface area (Å²) in [6.07, 6.45) is 0. The number of anilines is 1. The number of aliphatic hydroxyl groups is 1. The van der Waals surface area contributed by atoms with E-state index in [1.807, 2.05) is 4.72 Å². The predicted octanol–water partition coefficient (Wildman–Crippen LogP) is 3.06. The van der Waals surface area contributed by atoms with Crippen LogP contribution in [0.5, 0.6) is 0 Å². The second-order valence-electron chi connectivity index (χ2n) is 7.98. The number of nitrogens with zero attached hydrogens (tertiary/aromatic N) is 2. The number of alkyl halides is 2. The molecular weight excluding hydrogens is 515 g/mol. The Hall–Kier alpha value is -3.30. The van der Waals surface area contributed by atoms with Crippen LogP contribution in [0.25, 0.3) is 22.1 Å². The highest BCUT2D eigenvalue weighted by atomic mass is 32.2. The van der Waals surface area contributed by atoms with Crippen molar-refractivity contribution in [1.82, 2.24) is 14.8 Å². The zero-order valence-corrected chi connectivity index (χ0v) is 19.3. The van der Waals surface area contributed by atoms with Gasteiger partial charge in [0.05, 0.1) is 23.3 Å².